The molecule has 21 heavy (non-hydrogen) atoms. The summed E-state index contributed by atoms with van der Waals surface area (Å²) in [4.78, 5) is 14.4. The Kier molecular flexibility index (Phi) is 4.24. The van der Waals surface area contributed by atoms with Crippen LogP contribution in [0.5, 0.6) is 0 Å². The second-order valence-corrected chi connectivity index (χ2v) is 12.5. The minimum absolute atomic E-state index is 0.0268. The molecule has 118 valence electrons. The van der Waals surface area contributed by atoms with Crippen LogP contribution in [0.25, 0.3) is 0 Å². The maximum atomic E-state index is 12.4. The summed E-state index contributed by atoms with van der Waals surface area (Å²) >= 11 is 0. The fourth-order valence-corrected chi connectivity index (χ4v) is 4.51. The van der Waals surface area contributed by atoms with Crippen molar-refractivity contribution in [2.75, 3.05) is 6.54 Å². The topological polar surface area (TPSA) is 29.5 Å². The molecule has 0 aromatic carbocycles. The van der Waals surface area contributed by atoms with Gasteiger partial charge in [0.2, 0.25) is 5.91 Å². The molecule has 3 nitrogen and oxygen atoms in total. The molecule has 2 aliphatic heterocycles. The Morgan fingerprint density at radius 2 is 2.10 bits per heavy atom. The van der Waals surface area contributed by atoms with Crippen molar-refractivity contribution in [3.05, 3.63) is 24.3 Å². The highest BCUT2D eigenvalue weighted by molar-refractivity contribution is 6.74. The third-order valence-electron chi connectivity index (χ3n) is 5.36. The maximum Gasteiger partial charge on any atom is 0.231 e. The number of β-lactam (4-membered cyclic amide) rings is 1. The normalized spacial score (nSPS) is 27.6. The minimum atomic E-state index is -1.85. The number of fused-ring (bicyclic) bond motifs is 1. The zero-order valence-corrected chi connectivity index (χ0v) is 15.3. The molecule has 1 saturated heterocycles. The summed E-state index contributed by atoms with van der Waals surface area (Å²) in [6.45, 7) is 18.0. The molecule has 3 atom stereocenters. The molecular weight excluding hydrogens is 278 g/mol. The van der Waals surface area contributed by atoms with E-state index >= 15 is 0 Å². The van der Waals surface area contributed by atoms with Crippen molar-refractivity contribution in [1.82, 2.24) is 4.90 Å². The van der Waals surface area contributed by atoms with Crippen LogP contribution >= 0.6 is 0 Å². The first-order chi connectivity index (χ1) is 9.60. The van der Waals surface area contributed by atoms with Gasteiger partial charge < -0.3 is 9.33 Å². The number of hydrogen-bond donors (Lipinski definition) is 0. The Labute approximate surface area is 130 Å². The molecular formula is C17H29NO2Si. The van der Waals surface area contributed by atoms with Crippen LogP contribution in [0, 0.1) is 5.92 Å². The van der Waals surface area contributed by atoms with Crippen molar-refractivity contribution in [2.24, 2.45) is 5.92 Å². The smallest absolute Gasteiger partial charge is 0.231 e. The lowest BCUT2D eigenvalue weighted by atomic mass is 9.76. The largest absolute Gasteiger partial charge is 0.413 e. The van der Waals surface area contributed by atoms with Crippen molar-refractivity contribution in [2.45, 2.75) is 64.4 Å². The van der Waals surface area contributed by atoms with Gasteiger partial charge >= 0.3 is 0 Å². The second kappa shape index (κ2) is 5.40. The second-order valence-electron chi connectivity index (χ2n) is 7.78. The van der Waals surface area contributed by atoms with Crippen molar-refractivity contribution in [3.63, 3.8) is 0 Å². The summed E-state index contributed by atoms with van der Waals surface area (Å²) < 4.78 is 6.45. The monoisotopic (exact) mass is 307 g/mol. The van der Waals surface area contributed by atoms with Crippen LogP contribution in [-0.4, -0.2) is 37.8 Å². The summed E-state index contributed by atoms with van der Waals surface area (Å²) in [6.07, 6.45) is 5.02. The summed E-state index contributed by atoms with van der Waals surface area (Å²) in [7, 11) is -1.85. The van der Waals surface area contributed by atoms with Crippen LogP contribution in [-0.2, 0) is 9.22 Å². The van der Waals surface area contributed by atoms with Gasteiger partial charge in [-0.05, 0) is 37.0 Å². The van der Waals surface area contributed by atoms with Gasteiger partial charge in [0, 0.05) is 6.54 Å². The molecule has 2 rings (SSSR count). The van der Waals surface area contributed by atoms with E-state index in [-0.39, 0.29) is 29.0 Å². The Hall–Kier alpha value is -0.873. The van der Waals surface area contributed by atoms with Gasteiger partial charge in [0.25, 0.3) is 0 Å². The Balaban J connectivity index is 2.15. The van der Waals surface area contributed by atoms with Crippen LogP contribution in [0.15, 0.2) is 24.3 Å². The van der Waals surface area contributed by atoms with E-state index in [1.165, 1.54) is 5.57 Å². The number of carbonyl (C=O) groups is 1. The SMILES string of the molecule is C=CC1=CCCN2C(=O)[C@H]([C@@H](C)O[Si](C)(C)C(C)(C)C)[C@@H]12. The molecule has 0 unspecified atom stereocenters. The lowest BCUT2D eigenvalue weighted by Crippen LogP contribution is -2.67. The zero-order chi connectivity index (χ0) is 16.0. The van der Waals surface area contributed by atoms with E-state index in [0.29, 0.717) is 0 Å². The van der Waals surface area contributed by atoms with E-state index in [2.05, 4.69) is 53.4 Å². The van der Waals surface area contributed by atoms with Crippen molar-refractivity contribution in [3.8, 4) is 0 Å². The van der Waals surface area contributed by atoms with Crippen LogP contribution < -0.4 is 0 Å². The van der Waals surface area contributed by atoms with Gasteiger partial charge in [0.15, 0.2) is 8.32 Å². The molecule has 0 radical (unpaired) electrons. The van der Waals surface area contributed by atoms with Crippen LogP contribution in [0.3, 0.4) is 0 Å². The number of hydrogen-bond acceptors (Lipinski definition) is 2. The number of rotatable bonds is 4. The van der Waals surface area contributed by atoms with Gasteiger partial charge in [0.1, 0.15) is 0 Å². The summed E-state index contributed by atoms with van der Waals surface area (Å²) in [5, 5.41) is 0.164. The first-order valence-corrected chi connectivity index (χ1v) is 10.8. The highest BCUT2D eigenvalue weighted by Crippen LogP contribution is 2.42. The molecule has 2 heterocycles. The molecule has 0 spiro atoms. The van der Waals surface area contributed by atoms with Crippen molar-refractivity contribution in [1.29, 1.82) is 0 Å². The quantitative estimate of drug-likeness (QED) is 0.585. The first-order valence-electron chi connectivity index (χ1n) is 7.91. The van der Waals surface area contributed by atoms with E-state index in [4.69, 9.17) is 4.43 Å². The van der Waals surface area contributed by atoms with E-state index in [1.807, 2.05) is 11.0 Å². The van der Waals surface area contributed by atoms with E-state index < -0.39 is 8.32 Å². The first kappa shape index (κ1) is 16.5. The summed E-state index contributed by atoms with van der Waals surface area (Å²) in [5.41, 5.74) is 1.19. The fraction of sp³-hybridized carbons (Fsp3) is 0.706. The predicted molar refractivity (Wildman–Crippen MR) is 89.6 cm³/mol. The van der Waals surface area contributed by atoms with Gasteiger partial charge in [-0.3, -0.25) is 4.79 Å². The molecule has 4 heteroatoms. The molecule has 0 aromatic rings. The van der Waals surface area contributed by atoms with Crippen molar-refractivity contribution >= 4 is 14.2 Å². The van der Waals surface area contributed by atoms with E-state index in [9.17, 15) is 4.79 Å². The average Bonchev–Trinajstić information content (AvgIpc) is 2.35. The Bertz CT molecular complexity index is 476. The third kappa shape index (κ3) is 2.76. The minimum Gasteiger partial charge on any atom is -0.413 e. The highest BCUT2D eigenvalue weighted by atomic mass is 28.4. The summed E-state index contributed by atoms with van der Waals surface area (Å²) in [5.74, 6) is 0.210. The molecule has 1 fully saturated rings. The number of amides is 1. The molecule has 0 N–H and O–H groups in total. The Morgan fingerprint density at radius 3 is 2.62 bits per heavy atom. The molecule has 0 bridgehead atoms. The standard InChI is InChI=1S/C17H29NO2Si/c1-8-13-10-9-11-18-15(13)14(16(18)19)12(2)20-21(6,7)17(3,4)5/h8,10,12,14-15H,1,9,11H2,2-7H3/t12-,14-,15-/m1/s1. The van der Waals surface area contributed by atoms with Gasteiger partial charge in [-0.1, -0.05) is 39.5 Å². The molecule has 1 amide bonds. The molecule has 0 aliphatic carbocycles. The third-order valence-corrected chi connectivity index (χ3v) is 9.94. The van der Waals surface area contributed by atoms with Gasteiger partial charge in [-0.2, -0.15) is 0 Å². The van der Waals surface area contributed by atoms with E-state index in [0.717, 1.165) is 13.0 Å². The highest BCUT2D eigenvalue weighted by Gasteiger charge is 2.53. The van der Waals surface area contributed by atoms with Crippen molar-refractivity contribution < 1.29 is 9.22 Å². The van der Waals surface area contributed by atoms with Gasteiger partial charge in [0.05, 0.1) is 18.1 Å². The number of nitrogens with zero attached hydrogens (tertiary/aromatic N) is 1. The predicted octanol–water partition coefficient (Wildman–Crippen LogP) is 3.74. The summed E-state index contributed by atoms with van der Waals surface area (Å²) in [6, 6.07) is 0.184. The van der Waals surface area contributed by atoms with Gasteiger partial charge in [-0.15, -0.1) is 0 Å². The Morgan fingerprint density at radius 1 is 1.48 bits per heavy atom. The molecule has 2 aliphatic rings. The lowest BCUT2D eigenvalue weighted by molar-refractivity contribution is -0.160. The van der Waals surface area contributed by atoms with Crippen LogP contribution in [0.4, 0.5) is 0 Å². The average molecular weight is 308 g/mol. The van der Waals surface area contributed by atoms with Crippen LogP contribution in [0.2, 0.25) is 18.1 Å². The fourth-order valence-electron chi connectivity index (χ4n) is 3.08. The maximum absolute atomic E-state index is 12.4. The number of carbonyl (C=O) groups excluding carboxylic acids is 1. The molecule has 0 saturated carbocycles. The van der Waals surface area contributed by atoms with Crippen LogP contribution in [0.1, 0.15) is 34.1 Å². The molecule has 0 aromatic heterocycles. The lowest BCUT2D eigenvalue weighted by Gasteiger charge is -2.53. The van der Waals surface area contributed by atoms with E-state index in [1.54, 1.807) is 0 Å². The zero-order valence-electron chi connectivity index (χ0n) is 14.3. The van der Waals surface area contributed by atoms with Gasteiger partial charge in [-0.25, -0.2) is 0 Å².